The van der Waals surface area contributed by atoms with Gasteiger partial charge in [0.15, 0.2) is 0 Å². The van der Waals surface area contributed by atoms with E-state index in [0.717, 1.165) is 38.7 Å². The monoisotopic (exact) mass is 403 g/mol. The van der Waals surface area contributed by atoms with Crippen LogP contribution < -0.4 is 16.2 Å². The molecule has 0 bridgehead atoms. The number of nitrogens with one attached hydrogen (secondary N) is 1. The van der Waals surface area contributed by atoms with Gasteiger partial charge in [0.05, 0.1) is 22.2 Å². The van der Waals surface area contributed by atoms with E-state index in [0.29, 0.717) is 17.1 Å². The lowest BCUT2D eigenvalue weighted by Crippen LogP contribution is -2.17. The third-order valence-corrected chi connectivity index (χ3v) is 5.97. The normalized spacial score (nSPS) is 14.6. The second kappa shape index (κ2) is 6.25. The lowest BCUT2D eigenvalue weighted by molar-refractivity contribution is 0.441. The van der Waals surface area contributed by atoms with E-state index in [2.05, 4.69) is 34.2 Å². The molecule has 3 aromatic carbocycles. The maximum absolute atomic E-state index is 9.59. The number of nitriles is 1. The molecule has 0 aliphatic carbocycles. The molecule has 0 spiro atoms. The quantitative estimate of drug-likeness (QED) is 0.356. The largest absolute Gasteiger partial charge is 0.437 e. The zero-order valence-electron chi connectivity index (χ0n) is 16.4. The van der Waals surface area contributed by atoms with Crippen molar-refractivity contribution in [2.45, 2.75) is 5.92 Å². The number of hydrogen-bond acceptors (Lipinski definition) is 5. The van der Waals surface area contributed by atoms with Gasteiger partial charge in [-0.25, -0.2) is 0 Å². The van der Waals surface area contributed by atoms with Gasteiger partial charge in [-0.2, -0.15) is 10.2 Å². The van der Waals surface area contributed by atoms with Crippen molar-refractivity contribution >= 4 is 33.3 Å². The molecule has 6 heteroatoms. The fourth-order valence-corrected chi connectivity index (χ4v) is 4.59. The van der Waals surface area contributed by atoms with Crippen molar-refractivity contribution in [2.75, 3.05) is 11.5 Å². The Bertz CT molecular complexity index is 1550. The number of nitrogen functional groups attached to an aromatic ring is 2. The summed E-state index contributed by atoms with van der Waals surface area (Å²) >= 11 is 0. The second-order valence-corrected chi connectivity index (χ2v) is 7.64. The predicted octanol–water partition coefficient (Wildman–Crippen LogP) is 5.04. The highest BCUT2D eigenvalue weighted by molar-refractivity contribution is 6.11. The number of benzene rings is 3. The van der Waals surface area contributed by atoms with Crippen molar-refractivity contribution in [1.29, 1.82) is 5.26 Å². The Morgan fingerprint density at radius 1 is 0.935 bits per heavy atom. The molecule has 1 atom stereocenters. The highest BCUT2D eigenvalue weighted by Crippen LogP contribution is 2.53. The van der Waals surface area contributed by atoms with Gasteiger partial charge in [-0.1, -0.05) is 54.6 Å². The molecule has 5 aromatic rings. The Kier molecular flexibility index (Phi) is 3.50. The molecular formula is C25H17N5O. The van der Waals surface area contributed by atoms with Gasteiger partial charge in [-0.05, 0) is 17.7 Å². The summed E-state index contributed by atoms with van der Waals surface area (Å²) in [5, 5.41) is 11.6. The number of nitrogens with zero attached hydrogens (tertiary/aromatic N) is 2. The van der Waals surface area contributed by atoms with Crippen molar-refractivity contribution in [2.24, 2.45) is 0 Å². The van der Waals surface area contributed by atoms with E-state index in [4.69, 9.17) is 16.2 Å². The molecule has 148 valence electrons. The number of aromatic amines is 1. The van der Waals surface area contributed by atoms with Gasteiger partial charge in [0.2, 0.25) is 5.88 Å². The van der Waals surface area contributed by atoms with Crippen LogP contribution in [0.25, 0.3) is 21.8 Å². The maximum Gasteiger partial charge on any atom is 0.227 e. The van der Waals surface area contributed by atoms with E-state index >= 15 is 0 Å². The summed E-state index contributed by atoms with van der Waals surface area (Å²) in [5.41, 5.74) is 17.7. The zero-order chi connectivity index (χ0) is 21.1. The van der Waals surface area contributed by atoms with Crippen molar-refractivity contribution < 1.29 is 4.74 Å². The topological polar surface area (TPSA) is 114 Å². The number of ether oxygens (including phenoxy) is 1. The van der Waals surface area contributed by atoms with Crippen LogP contribution in [0.4, 0.5) is 11.5 Å². The van der Waals surface area contributed by atoms with Crippen LogP contribution in [0.3, 0.4) is 0 Å². The Labute approximate surface area is 177 Å². The van der Waals surface area contributed by atoms with E-state index in [9.17, 15) is 5.26 Å². The Hall–Kier alpha value is -4.50. The molecule has 0 fully saturated rings. The lowest BCUT2D eigenvalue weighted by atomic mass is 9.81. The Morgan fingerprint density at radius 3 is 2.52 bits per heavy atom. The molecule has 5 N–H and O–H groups in total. The average Bonchev–Trinajstić information content (AvgIpc) is 3.18. The molecule has 3 heterocycles. The summed E-state index contributed by atoms with van der Waals surface area (Å²) in [6.45, 7) is 0. The number of anilines is 2. The molecule has 2 aromatic heterocycles. The number of para-hydroxylation sites is 1. The second-order valence-electron chi connectivity index (χ2n) is 7.64. The SMILES string of the molecule is N#Cc1c(N)nc2c(c1N)C(c1ccccc1)c1ccc3[nH]c4ccccc4c3c1O2. The predicted molar refractivity (Wildman–Crippen MR) is 121 cm³/mol. The summed E-state index contributed by atoms with van der Waals surface area (Å²) in [6.07, 6.45) is 0. The van der Waals surface area contributed by atoms with E-state index in [1.807, 2.05) is 48.5 Å². The number of fused-ring (bicyclic) bond motifs is 6. The molecule has 0 saturated carbocycles. The van der Waals surface area contributed by atoms with Gasteiger partial charge < -0.3 is 21.2 Å². The van der Waals surface area contributed by atoms with Gasteiger partial charge in [0.1, 0.15) is 23.2 Å². The number of hydrogen-bond donors (Lipinski definition) is 3. The summed E-state index contributed by atoms with van der Waals surface area (Å²) in [6, 6.07) is 24.4. The first-order valence-electron chi connectivity index (χ1n) is 9.92. The van der Waals surface area contributed by atoms with E-state index in [1.165, 1.54) is 0 Å². The van der Waals surface area contributed by atoms with Gasteiger partial charge in [-0.15, -0.1) is 0 Å². The van der Waals surface area contributed by atoms with Crippen LogP contribution >= 0.6 is 0 Å². The minimum Gasteiger partial charge on any atom is -0.437 e. The summed E-state index contributed by atoms with van der Waals surface area (Å²) < 4.78 is 6.37. The molecule has 0 amide bonds. The summed E-state index contributed by atoms with van der Waals surface area (Å²) in [4.78, 5) is 7.89. The van der Waals surface area contributed by atoms with Crippen molar-refractivity contribution in [3.63, 3.8) is 0 Å². The van der Waals surface area contributed by atoms with E-state index in [-0.39, 0.29) is 17.3 Å². The maximum atomic E-state index is 9.59. The molecule has 6 rings (SSSR count). The first-order chi connectivity index (χ1) is 15.2. The van der Waals surface area contributed by atoms with Crippen LogP contribution in [0, 0.1) is 11.3 Å². The minimum absolute atomic E-state index is 0.0695. The average molecular weight is 403 g/mol. The highest BCUT2D eigenvalue weighted by Gasteiger charge is 2.35. The van der Waals surface area contributed by atoms with Crippen LogP contribution in [0.15, 0.2) is 66.7 Å². The van der Waals surface area contributed by atoms with Crippen LogP contribution in [-0.2, 0) is 0 Å². The van der Waals surface area contributed by atoms with Crippen LogP contribution in [0.2, 0.25) is 0 Å². The Morgan fingerprint density at radius 2 is 1.71 bits per heavy atom. The smallest absolute Gasteiger partial charge is 0.227 e. The molecule has 1 aliphatic rings. The first kappa shape index (κ1) is 17.4. The number of aromatic nitrogens is 2. The third kappa shape index (κ3) is 2.34. The fraction of sp³-hybridized carbons (Fsp3) is 0.0400. The molecular weight excluding hydrogens is 386 g/mol. The molecule has 1 aliphatic heterocycles. The Balaban J connectivity index is 1.74. The number of rotatable bonds is 1. The van der Waals surface area contributed by atoms with Crippen molar-refractivity contribution in [3.05, 3.63) is 89.0 Å². The third-order valence-electron chi connectivity index (χ3n) is 5.97. The molecule has 6 nitrogen and oxygen atoms in total. The van der Waals surface area contributed by atoms with Gasteiger partial charge >= 0.3 is 0 Å². The zero-order valence-corrected chi connectivity index (χ0v) is 16.4. The molecule has 31 heavy (non-hydrogen) atoms. The lowest BCUT2D eigenvalue weighted by Gasteiger charge is -2.30. The summed E-state index contributed by atoms with van der Waals surface area (Å²) in [5.74, 6) is 0.902. The standard InChI is InChI=1S/C25H17N5O/c26-12-16-22(27)21-19(13-6-2-1-3-7-13)15-10-11-18-20(14-8-4-5-9-17(14)29-18)23(15)31-25(21)30-24(16)28/h1-11,19,29H,(H4,27,28,30). The van der Waals surface area contributed by atoms with Crippen LogP contribution in [0.5, 0.6) is 11.6 Å². The van der Waals surface area contributed by atoms with E-state index in [1.54, 1.807) is 0 Å². The molecule has 1 unspecified atom stereocenters. The van der Waals surface area contributed by atoms with Crippen molar-refractivity contribution in [3.8, 4) is 17.7 Å². The van der Waals surface area contributed by atoms with Gasteiger partial charge in [0, 0.05) is 22.4 Å². The van der Waals surface area contributed by atoms with Crippen LogP contribution in [-0.4, -0.2) is 9.97 Å². The fourth-order valence-electron chi connectivity index (χ4n) is 4.59. The van der Waals surface area contributed by atoms with Gasteiger partial charge in [-0.3, -0.25) is 0 Å². The van der Waals surface area contributed by atoms with Crippen LogP contribution in [0.1, 0.15) is 28.2 Å². The van der Waals surface area contributed by atoms with Crippen molar-refractivity contribution in [1.82, 2.24) is 9.97 Å². The van der Waals surface area contributed by atoms with E-state index < -0.39 is 0 Å². The number of pyridine rings is 1. The number of nitrogens with two attached hydrogens (primary N) is 2. The van der Waals surface area contributed by atoms with Gasteiger partial charge in [0.25, 0.3) is 0 Å². The number of H-pyrrole nitrogens is 1. The highest BCUT2D eigenvalue weighted by atomic mass is 16.5. The minimum atomic E-state index is -0.238. The molecule has 0 radical (unpaired) electrons. The summed E-state index contributed by atoms with van der Waals surface area (Å²) in [7, 11) is 0. The first-order valence-corrected chi connectivity index (χ1v) is 9.92. The molecule has 0 saturated heterocycles.